The molecular formula is C7H14N4OS. The molecule has 6 heteroatoms. The number of hydrogen-bond acceptors (Lipinski definition) is 5. The summed E-state index contributed by atoms with van der Waals surface area (Å²) in [6, 6.07) is 0. The van der Waals surface area contributed by atoms with Crippen LogP contribution in [0, 0.1) is 0 Å². The third-order valence-electron chi connectivity index (χ3n) is 1.78. The van der Waals surface area contributed by atoms with Crippen molar-refractivity contribution in [2.75, 3.05) is 6.54 Å². The third kappa shape index (κ3) is 3.25. The van der Waals surface area contributed by atoms with Crippen LogP contribution in [0.1, 0.15) is 12.8 Å². The van der Waals surface area contributed by atoms with Crippen LogP contribution in [0.2, 0.25) is 0 Å². The molecule has 1 aliphatic rings. The maximum absolute atomic E-state index is 10.8. The first-order valence-corrected chi connectivity index (χ1v) is 5.01. The molecule has 1 heterocycles. The van der Waals surface area contributed by atoms with Gasteiger partial charge < -0.3 is 10.6 Å². The molecule has 0 bridgehead atoms. The highest BCUT2D eigenvalue weighted by atomic mass is 32.2. The van der Waals surface area contributed by atoms with Crippen molar-refractivity contribution in [2.45, 2.75) is 18.3 Å². The van der Waals surface area contributed by atoms with Gasteiger partial charge >= 0.3 is 0 Å². The molecular weight excluding hydrogens is 188 g/mol. The summed E-state index contributed by atoms with van der Waals surface area (Å²) in [4.78, 5) is 12.8. The van der Waals surface area contributed by atoms with Crippen LogP contribution in [-0.2, 0) is 4.79 Å². The summed E-state index contributed by atoms with van der Waals surface area (Å²) in [6.45, 7) is 0.790. The van der Waals surface area contributed by atoms with E-state index in [1.807, 2.05) is 16.5 Å². The molecule has 1 rings (SSSR count). The van der Waals surface area contributed by atoms with E-state index in [-0.39, 0.29) is 11.4 Å². The second-order valence-corrected chi connectivity index (χ2v) is 3.75. The lowest BCUT2D eigenvalue weighted by atomic mass is 10.3. The lowest BCUT2D eigenvalue weighted by Crippen LogP contribution is -2.34. The number of nitrogens with two attached hydrogens (primary N) is 2. The molecule has 0 aromatic rings. The van der Waals surface area contributed by atoms with E-state index in [9.17, 15) is 4.79 Å². The first-order valence-electron chi connectivity index (χ1n) is 4.07. The molecule has 5 nitrogen and oxygen atoms in total. The Kier molecular flexibility index (Phi) is 4.07. The lowest BCUT2D eigenvalue weighted by Gasteiger charge is -2.20. The van der Waals surface area contributed by atoms with Gasteiger partial charge in [0, 0.05) is 19.2 Å². The maximum atomic E-state index is 10.8. The minimum absolute atomic E-state index is 0.000868. The number of amides is 1. The molecule has 0 saturated carbocycles. The van der Waals surface area contributed by atoms with E-state index in [1.54, 1.807) is 11.8 Å². The van der Waals surface area contributed by atoms with Gasteiger partial charge in [0.2, 0.25) is 5.91 Å². The van der Waals surface area contributed by atoms with Gasteiger partial charge in [-0.1, -0.05) is 11.8 Å². The average molecular weight is 202 g/mol. The fourth-order valence-corrected chi connectivity index (χ4v) is 1.77. The van der Waals surface area contributed by atoms with E-state index >= 15 is 0 Å². The zero-order chi connectivity index (χ0) is 9.68. The molecule has 0 aromatic heterocycles. The summed E-state index contributed by atoms with van der Waals surface area (Å²) in [5.41, 5.74) is 7.82. The average Bonchev–Trinajstić information content (AvgIpc) is 2.52. The lowest BCUT2D eigenvalue weighted by molar-refractivity contribution is -0.121. The molecule has 0 aliphatic carbocycles. The molecule has 0 saturated heterocycles. The topological polar surface area (TPSA) is 84.4 Å². The van der Waals surface area contributed by atoms with Crippen molar-refractivity contribution in [3.63, 3.8) is 0 Å². The van der Waals surface area contributed by atoms with Crippen LogP contribution in [0.25, 0.3) is 0 Å². The molecule has 1 unspecified atom stereocenters. The first kappa shape index (κ1) is 10.4. The predicted molar refractivity (Wildman–Crippen MR) is 53.0 cm³/mol. The van der Waals surface area contributed by atoms with Crippen LogP contribution in [0.5, 0.6) is 0 Å². The van der Waals surface area contributed by atoms with Crippen LogP contribution >= 0.6 is 11.8 Å². The Morgan fingerprint density at radius 3 is 3.00 bits per heavy atom. The third-order valence-corrected chi connectivity index (χ3v) is 2.61. The summed E-state index contributed by atoms with van der Waals surface area (Å²) in [5, 5.41) is 1.95. The first-order chi connectivity index (χ1) is 6.24. The fraction of sp³-hybridized carbons (Fsp3) is 0.571. The Morgan fingerprint density at radius 2 is 2.46 bits per heavy atom. The van der Waals surface area contributed by atoms with Crippen molar-refractivity contribution >= 4 is 17.7 Å². The number of hydrogen-bond donors (Lipinski definition) is 3. The summed E-state index contributed by atoms with van der Waals surface area (Å²) in [6.07, 6.45) is 3.15. The Hall–Kier alpha value is -0.720. The minimum Gasteiger partial charge on any atom is -0.353 e. The number of nitrogens with zero attached hydrogens (tertiary/aromatic N) is 1. The number of carbonyl (C=O) groups is 1. The zero-order valence-electron chi connectivity index (χ0n) is 7.27. The van der Waals surface area contributed by atoms with E-state index in [4.69, 9.17) is 11.6 Å². The molecule has 0 spiro atoms. The predicted octanol–water partition coefficient (Wildman–Crippen LogP) is -0.481. The normalized spacial score (nSPS) is 20.8. The SMILES string of the molecule is NNC(=O)CCCN1C=CSC1N. The van der Waals surface area contributed by atoms with Crippen LogP contribution in [-0.4, -0.2) is 22.8 Å². The van der Waals surface area contributed by atoms with Crippen LogP contribution in [0.15, 0.2) is 11.6 Å². The minimum atomic E-state index is -0.135. The maximum Gasteiger partial charge on any atom is 0.233 e. The Bertz CT molecular complexity index is 209. The van der Waals surface area contributed by atoms with Crippen molar-refractivity contribution in [1.82, 2.24) is 10.3 Å². The van der Waals surface area contributed by atoms with Gasteiger partial charge in [0.05, 0.1) is 0 Å². The van der Waals surface area contributed by atoms with Gasteiger partial charge in [-0.25, -0.2) is 5.84 Å². The second kappa shape index (κ2) is 5.11. The smallest absolute Gasteiger partial charge is 0.233 e. The molecule has 0 fully saturated rings. The van der Waals surface area contributed by atoms with Crippen molar-refractivity contribution in [1.29, 1.82) is 0 Å². The fourth-order valence-electron chi connectivity index (χ4n) is 1.05. The standard InChI is InChI=1S/C7H14N4OS/c8-7-11(4-5-13-7)3-1-2-6(12)10-9/h4-5,7H,1-3,8-9H2,(H,10,12). The van der Waals surface area contributed by atoms with Gasteiger partial charge in [-0.2, -0.15) is 0 Å². The van der Waals surface area contributed by atoms with Gasteiger partial charge in [0.25, 0.3) is 0 Å². The monoisotopic (exact) mass is 202 g/mol. The van der Waals surface area contributed by atoms with Crippen molar-refractivity contribution in [3.8, 4) is 0 Å². The number of carbonyl (C=O) groups excluding carboxylic acids is 1. The Morgan fingerprint density at radius 1 is 1.69 bits per heavy atom. The van der Waals surface area contributed by atoms with Crippen LogP contribution in [0.4, 0.5) is 0 Å². The molecule has 74 valence electrons. The Labute approximate surface area is 81.5 Å². The Balaban J connectivity index is 2.12. The van der Waals surface area contributed by atoms with Crippen LogP contribution in [0.3, 0.4) is 0 Å². The highest BCUT2D eigenvalue weighted by molar-refractivity contribution is 8.02. The van der Waals surface area contributed by atoms with E-state index in [0.29, 0.717) is 6.42 Å². The number of rotatable bonds is 4. The van der Waals surface area contributed by atoms with Gasteiger partial charge in [0.15, 0.2) is 0 Å². The highest BCUT2D eigenvalue weighted by Gasteiger charge is 2.14. The van der Waals surface area contributed by atoms with E-state index in [1.165, 1.54) is 0 Å². The summed E-state index contributed by atoms with van der Waals surface area (Å²) in [7, 11) is 0. The van der Waals surface area contributed by atoms with Gasteiger partial charge in [0.1, 0.15) is 5.50 Å². The van der Waals surface area contributed by atoms with Crippen LogP contribution < -0.4 is 17.0 Å². The van der Waals surface area contributed by atoms with E-state index in [2.05, 4.69) is 5.43 Å². The van der Waals surface area contributed by atoms with Gasteiger partial charge in [-0.3, -0.25) is 10.2 Å². The van der Waals surface area contributed by atoms with Crippen molar-refractivity contribution in [3.05, 3.63) is 11.6 Å². The molecule has 1 aliphatic heterocycles. The zero-order valence-corrected chi connectivity index (χ0v) is 8.09. The molecule has 1 amide bonds. The van der Waals surface area contributed by atoms with Crippen molar-refractivity contribution in [2.24, 2.45) is 11.6 Å². The van der Waals surface area contributed by atoms with E-state index < -0.39 is 0 Å². The van der Waals surface area contributed by atoms with E-state index in [0.717, 1.165) is 13.0 Å². The molecule has 13 heavy (non-hydrogen) atoms. The molecule has 0 aromatic carbocycles. The second-order valence-electron chi connectivity index (χ2n) is 2.72. The number of hydrazine groups is 1. The van der Waals surface area contributed by atoms with Gasteiger partial charge in [-0.05, 0) is 11.8 Å². The largest absolute Gasteiger partial charge is 0.353 e. The summed E-state index contributed by atoms with van der Waals surface area (Å²) in [5.74, 6) is 4.80. The summed E-state index contributed by atoms with van der Waals surface area (Å²) < 4.78 is 0. The molecule has 1 atom stereocenters. The number of thioether (sulfide) groups is 1. The quantitative estimate of drug-likeness (QED) is 0.326. The van der Waals surface area contributed by atoms with Gasteiger partial charge in [-0.15, -0.1) is 0 Å². The van der Waals surface area contributed by atoms with Crippen molar-refractivity contribution < 1.29 is 4.79 Å². The molecule has 5 N–H and O–H groups in total. The molecule has 0 radical (unpaired) electrons. The highest BCUT2D eigenvalue weighted by Crippen LogP contribution is 2.20. The number of nitrogens with one attached hydrogen (secondary N) is 1. The summed E-state index contributed by atoms with van der Waals surface area (Å²) >= 11 is 1.57.